The summed E-state index contributed by atoms with van der Waals surface area (Å²) in [6, 6.07) is 61.9. The van der Waals surface area contributed by atoms with E-state index in [1.54, 1.807) is 0 Å². The molecular weight excluding hydrogens is 874 g/mol. The zero-order valence-corrected chi connectivity index (χ0v) is 45.0. The van der Waals surface area contributed by atoms with E-state index in [1.165, 1.54) is 78.3 Å². The van der Waals surface area contributed by atoms with Gasteiger partial charge in [-0.05, 0) is 120 Å². The molecule has 0 radical (unpaired) electrons. The first-order valence-electron chi connectivity index (χ1n) is 26.2. The Balaban J connectivity index is 1.36. The molecule has 4 nitrogen and oxygen atoms in total. The highest BCUT2D eigenvalue weighted by molar-refractivity contribution is 7.00. The van der Waals surface area contributed by atoms with Gasteiger partial charge in [-0.1, -0.05) is 212 Å². The molecule has 0 aliphatic carbocycles. The van der Waals surface area contributed by atoms with Crippen LogP contribution in [0.2, 0.25) is 0 Å². The minimum Gasteiger partial charge on any atom is -0.454 e. The first-order valence-corrected chi connectivity index (χ1v) is 26.2. The number of hydrogen-bond acceptors (Lipinski definition) is 4. The van der Waals surface area contributed by atoms with Gasteiger partial charge in [0.2, 0.25) is 0 Å². The number of nitrogens with zero attached hydrogens (tertiary/aromatic N) is 3. The van der Waals surface area contributed by atoms with Gasteiger partial charge < -0.3 is 19.1 Å². The number of furan rings is 1. The summed E-state index contributed by atoms with van der Waals surface area (Å²) >= 11 is 0. The highest BCUT2D eigenvalue weighted by Gasteiger charge is 2.48. The van der Waals surface area contributed by atoms with E-state index in [0.29, 0.717) is 5.92 Å². The highest BCUT2D eigenvalue weighted by atomic mass is 16.3. The third kappa shape index (κ3) is 7.65. The maximum absolute atomic E-state index is 6.99. The molecule has 0 saturated heterocycles. The van der Waals surface area contributed by atoms with Crippen LogP contribution in [0.25, 0.3) is 21.9 Å². The SMILES string of the molecule is CC(C)c1ccc(N(c2cc3c4c(c2)N(c2ccccc2C(C)(C)C)c2c(cccc2C(C)(C)C)B4c2cccc(C(C)(C)C)c2N3c2ccccc2C(C)(C)C)c2cccc3c2oc2ccccc23)cc1. The van der Waals surface area contributed by atoms with E-state index < -0.39 is 0 Å². The predicted molar refractivity (Wildman–Crippen MR) is 311 cm³/mol. The average Bonchev–Trinajstić information content (AvgIpc) is 3.72. The molecular formula is C67H70BN3O. The van der Waals surface area contributed by atoms with Gasteiger partial charge in [0, 0.05) is 50.6 Å². The third-order valence-corrected chi connectivity index (χ3v) is 15.3. The summed E-state index contributed by atoms with van der Waals surface area (Å²) in [7, 11) is 0. The number of hydrogen-bond donors (Lipinski definition) is 0. The molecule has 72 heavy (non-hydrogen) atoms. The molecule has 3 heterocycles. The summed E-state index contributed by atoms with van der Waals surface area (Å²) in [5, 5.41) is 2.21. The Labute approximate surface area is 429 Å². The van der Waals surface area contributed by atoms with Crippen molar-refractivity contribution in [3.63, 3.8) is 0 Å². The predicted octanol–water partition coefficient (Wildman–Crippen LogP) is 17.5. The first-order chi connectivity index (χ1) is 34.1. The van der Waals surface area contributed by atoms with E-state index in [4.69, 9.17) is 4.42 Å². The summed E-state index contributed by atoms with van der Waals surface area (Å²) in [6.45, 7) is 32.9. The molecule has 11 rings (SSSR count). The van der Waals surface area contributed by atoms with Crippen LogP contribution in [0.3, 0.4) is 0 Å². The fourth-order valence-corrected chi connectivity index (χ4v) is 11.9. The molecule has 8 aromatic carbocycles. The standard InChI is InChI=1S/C67H70BN3O/c1-42(2)43-36-38-44(39-37-43)69(56-34-21-25-47-46-24-15-20-35-59(46)72-63(47)56)45-40-57-60-58(41-45)71(55-33-19-17-27-49(55)65(6,7)8)62-51(67(12,13)14)29-23-31-53(62)68(60)52-30-22-28-50(66(9,10)11)61(52)70(57)54-32-18-16-26-48(54)64(3,4)5/h15-42H,1-14H3. The molecule has 362 valence electrons. The van der Waals surface area contributed by atoms with Crippen LogP contribution in [0.5, 0.6) is 0 Å². The van der Waals surface area contributed by atoms with Crippen molar-refractivity contribution >= 4 is 96.2 Å². The molecule has 9 aromatic rings. The zero-order chi connectivity index (χ0) is 50.8. The molecule has 5 heteroatoms. The van der Waals surface area contributed by atoms with Gasteiger partial charge in [0.25, 0.3) is 6.71 Å². The topological polar surface area (TPSA) is 22.9 Å². The van der Waals surface area contributed by atoms with Crippen molar-refractivity contribution < 1.29 is 4.42 Å². The lowest BCUT2D eigenvalue weighted by atomic mass is 9.33. The molecule has 1 aromatic heterocycles. The Morgan fingerprint density at radius 3 is 1.38 bits per heavy atom. The third-order valence-electron chi connectivity index (χ3n) is 15.3. The molecule has 2 aliphatic rings. The second-order valence-corrected chi connectivity index (χ2v) is 24.9. The van der Waals surface area contributed by atoms with E-state index in [9.17, 15) is 0 Å². The Morgan fingerprint density at radius 1 is 0.431 bits per heavy atom. The van der Waals surface area contributed by atoms with Gasteiger partial charge in [-0.25, -0.2) is 0 Å². The highest BCUT2D eigenvalue weighted by Crippen LogP contribution is 2.54. The molecule has 0 fully saturated rings. The van der Waals surface area contributed by atoms with E-state index in [0.717, 1.165) is 39.0 Å². The van der Waals surface area contributed by atoms with E-state index in [-0.39, 0.29) is 28.4 Å². The molecule has 2 aliphatic heterocycles. The average molecular weight is 944 g/mol. The monoisotopic (exact) mass is 944 g/mol. The summed E-state index contributed by atoms with van der Waals surface area (Å²) in [5.41, 5.74) is 22.0. The molecule has 0 N–H and O–H groups in total. The number of fused-ring (bicyclic) bond motifs is 7. The van der Waals surface area contributed by atoms with Crippen molar-refractivity contribution in [3.05, 3.63) is 192 Å². The van der Waals surface area contributed by atoms with E-state index >= 15 is 0 Å². The lowest BCUT2D eigenvalue weighted by molar-refractivity contribution is 0.587. The fourth-order valence-electron chi connectivity index (χ4n) is 11.9. The van der Waals surface area contributed by atoms with Gasteiger partial charge in [-0.3, -0.25) is 0 Å². The maximum Gasteiger partial charge on any atom is 0.252 e. The molecule has 0 unspecified atom stereocenters. The quantitative estimate of drug-likeness (QED) is 0.155. The van der Waals surface area contributed by atoms with E-state index in [2.05, 4.69) is 275 Å². The van der Waals surface area contributed by atoms with Crippen molar-refractivity contribution in [2.24, 2.45) is 0 Å². The largest absolute Gasteiger partial charge is 0.454 e. The van der Waals surface area contributed by atoms with Crippen LogP contribution in [-0.4, -0.2) is 6.71 Å². The summed E-state index contributed by atoms with van der Waals surface area (Å²) in [5.74, 6) is 0.387. The van der Waals surface area contributed by atoms with Crippen LogP contribution >= 0.6 is 0 Å². The van der Waals surface area contributed by atoms with Crippen LogP contribution in [0, 0.1) is 0 Å². The first kappa shape index (κ1) is 47.4. The smallest absolute Gasteiger partial charge is 0.252 e. The molecule has 0 amide bonds. The van der Waals surface area contributed by atoms with Crippen LogP contribution in [-0.2, 0) is 21.7 Å². The van der Waals surface area contributed by atoms with Gasteiger partial charge in [0.15, 0.2) is 5.58 Å². The van der Waals surface area contributed by atoms with Gasteiger partial charge in [0.05, 0.1) is 11.4 Å². The van der Waals surface area contributed by atoms with Gasteiger partial charge >= 0.3 is 0 Å². The molecule has 0 bridgehead atoms. The minimum absolute atomic E-state index is 0.0627. The summed E-state index contributed by atoms with van der Waals surface area (Å²) in [6.07, 6.45) is 0. The number of benzene rings is 8. The summed E-state index contributed by atoms with van der Waals surface area (Å²) in [4.78, 5) is 7.81. The molecule has 0 atom stereocenters. The van der Waals surface area contributed by atoms with Gasteiger partial charge in [0.1, 0.15) is 5.58 Å². The Morgan fingerprint density at radius 2 is 0.875 bits per heavy atom. The minimum atomic E-state index is -0.179. The van der Waals surface area contributed by atoms with Crippen molar-refractivity contribution in [2.45, 2.75) is 125 Å². The molecule has 0 spiro atoms. The molecule has 0 saturated carbocycles. The second kappa shape index (κ2) is 16.8. The normalized spacial score (nSPS) is 13.7. The number of para-hydroxylation sites is 6. The van der Waals surface area contributed by atoms with Crippen LogP contribution in [0.1, 0.15) is 131 Å². The Bertz CT molecular complexity index is 3420. The lowest BCUT2D eigenvalue weighted by Gasteiger charge is -2.48. The van der Waals surface area contributed by atoms with Crippen molar-refractivity contribution in [1.82, 2.24) is 0 Å². The van der Waals surface area contributed by atoms with Crippen LogP contribution < -0.4 is 31.1 Å². The Hall–Kier alpha value is -6.98. The van der Waals surface area contributed by atoms with Gasteiger partial charge in [-0.15, -0.1) is 0 Å². The Kier molecular flexibility index (Phi) is 11.1. The van der Waals surface area contributed by atoms with Crippen molar-refractivity contribution in [3.8, 4) is 0 Å². The number of rotatable bonds is 6. The maximum atomic E-state index is 6.99. The van der Waals surface area contributed by atoms with Crippen molar-refractivity contribution in [1.29, 1.82) is 0 Å². The zero-order valence-electron chi connectivity index (χ0n) is 45.0. The van der Waals surface area contributed by atoms with Crippen molar-refractivity contribution in [2.75, 3.05) is 14.7 Å². The van der Waals surface area contributed by atoms with Crippen LogP contribution in [0.4, 0.5) is 51.2 Å². The van der Waals surface area contributed by atoms with E-state index in [1.807, 2.05) is 0 Å². The lowest BCUT2D eigenvalue weighted by Crippen LogP contribution is -2.62. The second-order valence-electron chi connectivity index (χ2n) is 24.9. The fraction of sp³-hybridized carbons (Fsp3) is 0.284. The summed E-state index contributed by atoms with van der Waals surface area (Å²) < 4.78 is 6.99. The van der Waals surface area contributed by atoms with Crippen LogP contribution in [0.15, 0.2) is 168 Å². The van der Waals surface area contributed by atoms with Gasteiger partial charge in [-0.2, -0.15) is 0 Å². The number of anilines is 9.